The highest BCUT2D eigenvalue weighted by molar-refractivity contribution is 6.39. The standard InChI is InChI=1S/C31H15N3/c32-16-19-14-25-26(15-20(19)17-33)31-27(13-18-7-1-6-12-28(18)34-31)30-24-11-5-3-9-22(24)21-8-2-4-10-23(21)29(25)30/h1-15H. The third-order valence-electron chi connectivity index (χ3n) is 6.85. The summed E-state index contributed by atoms with van der Waals surface area (Å²) in [5, 5.41) is 30.4. The molecule has 0 unspecified atom stereocenters. The van der Waals surface area contributed by atoms with Crippen LogP contribution in [0.1, 0.15) is 11.1 Å². The predicted molar refractivity (Wildman–Crippen MR) is 139 cm³/mol. The lowest BCUT2D eigenvalue weighted by molar-refractivity contribution is 1.44. The van der Waals surface area contributed by atoms with Crippen molar-refractivity contribution in [1.29, 1.82) is 10.5 Å². The van der Waals surface area contributed by atoms with Crippen LogP contribution in [0, 0.1) is 22.7 Å². The zero-order valence-corrected chi connectivity index (χ0v) is 18.0. The molecule has 7 rings (SSSR count). The topological polar surface area (TPSA) is 60.5 Å². The lowest BCUT2D eigenvalue weighted by Gasteiger charge is -2.17. The molecule has 34 heavy (non-hydrogen) atoms. The van der Waals surface area contributed by atoms with E-state index in [1.807, 2.05) is 30.3 Å². The molecule has 0 spiro atoms. The van der Waals surface area contributed by atoms with Crippen molar-refractivity contribution in [1.82, 2.24) is 4.98 Å². The maximum Gasteiger partial charge on any atom is 0.101 e. The molecule has 7 aromatic rings. The van der Waals surface area contributed by atoms with E-state index in [1.54, 1.807) is 0 Å². The van der Waals surface area contributed by atoms with Crippen molar-refractivity contribution in [3.63, 3.8) is 0 Å². The number of hydrogen-bond acceptors (Lipinski definition) is 3. The molecule has 0 N–H and O–H groups in total. The van der Waals surface area contributed by atoms with Gasteiger partial charge in [0.15, 0.2) is 0 Å². The van der Waals surface area contributed by atoms with Crippen molar-refractivity contribution in [2.45, 2.75) is 0 Å². The molecular weight excluding hydrogens is 414 g/mol. The molecule has 0 fully saturated rings. The highest BCUT2D eigenvalue weighted by Gasteiger charge is 2.18. The molecule has 0 atom stereocenters. The summed E-state index contributed by atoms with van der Waals surface area (Å²) in [7, 11) is 0. The van der Waals surface area contributed by atoms with E-state index in [2.05, 4.69) is 72.8 Å². The molecule has 0 saturated heterocycles. The molecule has 154 valence electrons. The molecule has 0 aliphatic carbocycles. The van der Waals surface area contributed by atoms with Crippen molar-refractivity contribution < 1.29 is 0 Å². The first-order valence-electron chi connectivity index (χ1n) is 11.1. The molecule has 0 amide bonds. The number of fused-ring (bicyclic) bond motifs is 12. The SMILES string of the molecule is N#Cc1cc2c(cc1C#N)c1c3ccccc3c3ccccc3c1c1cc3ccccc3nc21. The summed E-state index contributed by atoms with van der Waals surface area (Å²) in [6.45, 7) is 0. The highest BCUT2D eigenvalue weighted by atomic mass is 14.7. The fraction of sp³-hybridized carbons (Fsp3) is 0. The van der Waals surface area contributed by atoms with Gasteiger partial charge in [0.2, 0.25) is 0 Å². The normalized spacial score (nSPS) is 11.5. The van der Waals surface area contributed by atoms with Crippen LogP contribution in [-0.4, -0.2) is 4.98 Å². The summed E-state index contributed by atoms with van der Waals surface area (Å²) in [6.07, 6.45) is 0. The van der Waals surface area contributed by atoms with Gasteiger partial charge in [0.25, 0.3) is 0 Å². The summed E-state index contributed by atoms with van der Waals surface area (Å²) in [5.74, 6) is 0. The van der Waals surface area contributed by atoms with Gasteiger partial charge in [-0.3, -0.25) is 0 Å². The largest absolute Gasteiger partial charge is 0.247 e. The Morgan fingerprint density at radius 2 is 1.03 bits per heavy atom. The average Bonchev–Trinajstić information content (AvgIpc) is 2.91. The van der Waals surface area contributed by atoms with Gasteiger partial charge in [-0.1, -0.05) is 66.7 Å². The summed E-state index contributed by atoms with van der Waals surface area (Å²) < 4.78 is 0. The highest BCUT2D eigenvalue weighted by Crippen LogP contribution is 2.44. The molecule has 0 aliphatic rings. The maximum atomic E-state index is 9.80. The van der Waals surface area contributed by atoms with E-state index in [0.29, 0.717) is 11.1 Å². The van der Waals surface area contributed by atoms with Gasteiger partial charge in [-0.2, -0.15) is 10.5 Å². The van der Waals surface area contributed by atoms with Crippen molar-refractivity contribution in [3.8, 4) is 12.1 Å². The molecule has 1 heterocycles. The van der Waals surface area contributed by atoms with E-state index in [9.17, 15) is 10.5 Å². The van der Waals surface area contributed by atoms with Crippen molar-refractivity contribution in [3.05, 3.63) is 102 Å². The number of aromatic nitrogens is 1. The zero-order valence-electron chi connectivity index (χ0n) is 18.0. The first kappa shape index (κ1) is 18.6. The number of hydrogen-bond donors (Lipinski definition) is 0. The lowest BCUT2D eigenvalue weighted by Crippen LogP contribution is -1.93. The van der Waals surface area contributed by atoms with E-state index in [1.165, 1.54) is 10.8 Å². The van der Waals surface area contributed by atoms with Gasteiger partial charge in [0, 0.05) is 21.5 Å². The lowest BCUT2D eigenvalue weighted by atomic mass is 9.87. The zero-order chi connectivity index (χ0) is 22.8. The smallest absolute Gasteiger partial charge is 0.101 e. The fourth-order valence-electron chi connectivity index (χ4n) is 5.40. The quantitative estimate of drug-likeness (QED) is 0.183. The average molecular weight is 429 g/mol. The number of nitriles is 2. The molecule has 0 aliphatic heterocycles. The third kappa shape index (κ3) is 2.36. The third-order valence-corrected chi connectivity index (χ3v) is 6.85. The Hall–Kier alpha value is -4.99. The summed E-state index contributed by atoms with van der Waals surface area (Å²) in [6, 6.07) is 35.4. The minimum atomic E-state index is 0.371. The number of pyridine rings is 1. The molecule has 6 aromatic carbocycles. The van der Waals surface area contributed by atoms with E-state index in [4.69, 9.17) is 4.98 Å². The van der Waals surface area contributed by atoms with Gasteiger partial charge in [0.1, 0.15) is 12.1 Å². The second kappa shape index (κ2) is 6.75. The van der Waals surface area contributed by atoms with Gasteiger partial charge in [0.05, 0.1) is 22.2 Å². The van der Waals surface area contributed by atoms with Crippen LogP contribution in [-0.2, 0) is 0 Å². The maximum absolute atomic E-state index is 9.80. The van der Waals surface area contributed by atoms with E-state index < -0.39 is 0 Å². The molecule has 3 nitrogen and oxygen atoms in total. The first-order chi connectivity index (χ1) is 16.8. The second-order valence-corrected chi connectivity index (χ2v) is 8.59. The summed E-state index contributed by atoms with van der Waals surface area (Å²) >= 11 is 0. The van der Waals surface area contributed by atoms with E-state index >= 15 is 0 Å². The monoisotopic (exact) mass is 429 g/mol. The Labute approximate surface area is 194 Å². The Kier molecular flexibility index (Phi) is 3.69. The van der Waals surface area contributed by atoms with Crippen LogP contribution in [0.4, 0.5) is 0 Å². The van der Waals surface area contributed by atoms with Crippen LogP contribution in [0.25, 0.3) is 64.9 Å². The van der Waals surface area contributed by atoms with Crippen LogP contribution < -0.4 is 0 Å². The molecule has 1 aromatic heterocycles. The molecule has 3 heteroatoms. The van der Waals surface area contributed by atoms with Crippen LogP contribution in [0.3, 0.4) is 0 Å². The van der Waals surface area contributed by atoms with Crippen molar-refractivity contribution in [2.75, 3.05) is 0 Å². The minimum Gasteiger partial charge on any atom is -0.247 e. The van der Waals surface area contributed by atoms with Crippen molar-refractivity contribution >= 4 is 64.9 Å². The van der Waals surface area contributed by atoms with Crippen LogP contribution in [0.15, 0.2) is 91.0 Å². The van der Waals surface area contributed by atoms with Gasteiger partial charge >= 0.3 is 0 Å². The number of benzene rings is 6. The van der Waals surface area contributed by atoms with Crippen LogP contribution in [0.2, 0.25) is 0 Å². The Bertz CT molecular complexity index is 2090. The van der Waals surface area contributed by atoms with E-state index in [0.717, 1.165) is 54.1 Å². The number of nitrogens with zero attached hydrogens (tertiary/aromatic N) is 3. The van der Waals surface area contributed by atoms with Crippen LogP contribution in [0.5, 0.6) is 0 Å². The fourth-order valence-corrected chi connectivity index (χ4v) is 5.40. The molecule has 0 radical (unpaired) electrons. The Morgan fingerprint density at radius 1 is 0.500 bits per heavy atom. The van der Waals surface area contributed by atoms with Crippen LogP contribution >= 0.6 is 0 Å². The second-order valence-electron chi connectivity index (χ2n) is 8.59. The number of rotatable bonds is 0. The minimum absolute atomic E-state index is 0.371. The Morgan fingerprint density at radius 3 is 1.68 bits per heavy atom. The number of para-hydroxylation sites is 1. The van der Waals surface area contributed by atoms with E-state index in [-0.39, 0.29) is 0 Å². The van der Waals surface area contributed by atoms with Gasteiger partial charge in [-0.25, -0.2) is 4.98 Å². The predicted octanol–water partition coefficient (Wildman–Crippen LogP) is 7.74. The summed E-state index contributed by atoms with van der Waals surface area (Å²) in [5.41, 5.74) is 2.51. The Balaban J connectivity index is 1.93. The first-order valence-corrected chi connectivity index (χ1v) is 11.1. The molecule has 0 saturated carbocycles. The van der Waals surface area contributed by atoms with Gasteiger partial charge in [-0.15, -0.1) is 0 Å². The molecule has 0 bridgehead atoms. The van der Waals surface area contributed by atoms with Crippen molar-refractivity contribution in [2.24, 2.45) is 0 Å². The van der Waals surface area contributed by atoms with Gasteiger partial charge < -0.3 is 0 Å². The molecular formula is C31H15N3. The summed E-state index contributed by atoms with van der Waals surface area (Å²) in [4.78, 5) is 5.08. The van der Waals surface area contributed by atoms with Gasteiger partial charge in [-0.05, 0) is 56.6 Å².